The summed E-state index contributed by atoms with van der Waals surface area (Å²) in [6.45, 7) is 1.24. The van der Waals surface area contributed by atoms with E-state index < -0.39 is 18.0 Å². The zero-order valence-corrected chi connectivity index (χ0v) is 11.9. The van der Waals surface area contributed by atoms with Gasteiger partial charge in [0.05, 0.1) is 0 Å². The molecule has 22 heavy (non-hydrogen) atoms. The number of fused-ring (bicyclic) bond motifs is 1. The Bertz CT molecular complexity index is 774. The lowest BCUT2D eigenvalue weighted by Crippen LogP contribution is -2.25. The Hall–Kier alpha value is -2.50. The molecule has 0 aliphatic rings. The van der Waals surface area contributed by atoms with Crippen LogP contribution in [-0.4, -0.2) is 27.1 Å². The highest BCUT2D eigenvalue weighted by molar-refractivity contribution is 5.81. The van der Waals surface area contributed by atoms with Crippen LogP contribution in [0, 0.1) is 0 Å². The molecule has 5 nitrogen and oxygen atoms in total. The van der Waals surface area contributed by atoms with Crippen LogP contribution in [-0.2, 0) is 4.79 Å². The van der Waals surface area contributed by atoms with E-state index >= 15 is 0 Å². The van der Waals surface area contributed by atoms with Crippen molar-refractivity contribution in [2.45, 2.75) is 19.1 Å². The van der Waals surface area contributed by atoms with Gasteiger partial charge in [-0.15, -0.1) is 0 Å². The van der Waals surface area contributed by atoms with E-state index in [2.05, 4.69) is 4.98 Å². The molecule has 3 rings (SSSR count). The van der Waals surface area contributed by atoms with E-state index in [1.807, 2.05) is 24.3 Å². The Morgan fingerprint density at radius 2 is 1.77 bits per heavy atom. The molecular weight excluding hydrogens is 282 g/mol. The Balaban J connectivity index is 1.89. The SMILES string of the molecule is CC(=O)[C@@H](O)[C@H](O)c1ccc(-c2nc3ccccc3o2)cc1. The maximum Gasteiger partial charge on any atom is 0.227 e. The molecule has 0 aliphatic carbocycles. The van der Waals surface area contributed by atoms with Gasteiger partial charge in [-0.3, -0.25) is 4.79 Å². The number of Topliss-reactive ketones (excluding diaryl/α,β-unsaturated/α-hetero) is 1. The minimum absolute atomic E-state index is 0.461. The summed E-state index contributed by atoms with van der Waals surface area (Å²) >= 11 is 0. The van der Waals surface area contributed by atoms with Crippen LogP contribution in [0.3, 0.4) is 0 Å². The monoisotopic (exact) mass is 297 g/mol. The Morgan fingerprint density at radius 3 is 2.41 bits per heavy atom. The second-order valence-corrected chi connectivity index (χ2v) is 5.11. The predicted molar refractivity (Wildman–Crippen MR) is 81.1 cm³/mol. The molecule has 0 saturated carbocycles. The smallest absolute Gasteiger partial charge is 0.227 e. The maximum absolute atomic E-state index is 11.1. The number of aliphatic hydroxyl groups excluding tert-OH is 2. The maximum atomic E-state index is 11.1. The first-order chi connectivity index (χ1) is 10.6. The van der Waals surface area contributed by atoms with E-state index in [-0.39, 0.29) is 0 Å². The van der Waals surface area contributed by atoms with Crippen molar-refractivity contribution >= 4 is 16.9 Å². The van der Waals surface area contributed by atoms with Crippen molar-refractivity contribution in [3.63, 3.8) is 0 Å². The third kappa shape index (κ3) is 2.64. The zero-order chi connectivity index (χ0) is 15.7. The van der Waals surface area contributed by atoms with Gasteiger partial charge >= 0.3 is 0 Å². The quantitative estimate of drug-likeness (QED) is 0.773. The predicted octanol–water partition coefficient (Wildman–Crippen LogP) is 2.48. The van der Waals surface area contributed by atoms with Gasteiger partial charge in [-0.1, -0.05) is 24.3 Å². The molecule has 0 radical (unpaired) electrons. The second-order valence-electron chi connectivity index (χ2n) is 5.11. The highest BCUT2D eigenvalue weighted by Crippen LogP contribution is 2.26. The second kappa shape index (κ2) is 5.71. The first-order valence-electron chi connectivity index (χ1n) is 6.89. The lowest BCUT2D eigenvalue weighted by atomic mass is 10.0. The number of aromatic nitrogens is 1. The molecule has 2 aromatic carbocycles. The molecule has 1 heterocycles. The van der Waals surface area contributed by atoms with Gasteiger partial charge in [-0.2, -0.15) is 0 Å². The van der Waals surface area contributed by atoms with E-state index in [1.54, 1.807) is 24.3 Å². The van der Waals surface area contributed by atoms with Crippen molar-refractivity contribution < 1.29 is 19.4 Å². The molecule has 0 spiro atoms. The molecule has 0 saturated heterocycles. The number of rotatable bonds is 4. The minimum Gasteiger partial charge on any atom is -0.436 e. The molecule has 5 heteroatoms. The largest absolute Gasteiger partial charge is 0.436 e. The van der Waals surface area contributed by atoms with Gasteiger partial charge in [0.1, 0.15) is 17.7 Å². The van der Waals surface area contributed by atoms with E-state index in [4.69, 9.17) is 4.42 Å². The average Bonchev–Trinajstić information content (AvgIpc) is 2.97. The van der Waals surface area contributed by atoms with Crippen LogP contribution in [0.25, 0.3) is 22.6 Å². The van der Waals surface area contributed by atoms with Crippen LogP contribution < -0.4 is 0 Å². The van der Waals surface area contributed by atoms with Crippen LogP contribution in [0.2, 0.25) is 0 Å². The highest BCUT2D eigenvalue weighted by atomic mass is 16.3. The minimum atomic E-state index is -1.42. The third-order valence-electron chi connectivity index (χ3n) is 3.51. The fraction of sp³-hybridized carbons (Fsp3) is 0.176. The number of oxazole rings is 1. The van der Waals surface area contributed by atoms with Crippen molar-refractivity contribution in [3.8, 4) is 11.5 Å². The van der Waals surface area contributed by atoms with Crippen LogP contribution in [0.15, 0.2) is 52.9 Å². The van der Waals surface area contributed by atoms with E-state index in [9.17, 15) is 15.0 Å². The van der Waals surface area contributed by atoms with Crippen molar-refractivity contribution in [3.05, 3.63) is 54.1 Å². The lowest BCUT2D eigenvalue weighted by molar-refractivity contribution is -0.130. The van der Waals surface area contributed by atoms with E-state index in [0.29, 0.717) is 17.0 Å². The summed E-state index contributed by atoms with van der Waals surface area (Å²) in [5.74, 6) is 0.00452. The lowest BCUT2D eigenvalue weighted by Gasteiger charge is -2.15. The first kappa shape index (κ1) is 14.4. The fourth-order valence-corrected chi connectivity index (χ4v) is 2.22. The number of benzene rings is 2. The van der Waals surface area contributed by atoms with Gasteiger partial charge in [0.25, 0.3) is 0 Å². The number of nitrogens with zero attached hydrogens (tertiary/aromatic N) is 1. The zero-order valence-electron chi connectivity index (χ0n) is 11.9. The van der Waals surface area contributed by atoms with Gasteiger partial charge in [-0.25, -0.2) is 4.98 Å². The van der Waals surface area contributed by atoms with Crippen LogP contribution in [0.4, 0.5) is 0 Å². The number of carbonyl (C=O) groups excluding carboxylic acids is 1. The fourth-order valence-electron chi connectivity index (χ4n) is 2.22. The number of carbonyl (C=O) groups is 1. The molecule has 2 N–H and O–H groups in total. The number of para-hydroxylation sites is 2. The molecule has 2 atom stereocenters. The topological polar surface area (TPSA) is 83.6 Å². The van der Waals surface area contributed by atoms with Crippen molar-refractivity contribution in [2.24, 2.45) is 0 Å². The molecule has 1 aromatic heterocycles. The molecule has 0 bridgehead atoms. The Kier molecular flexibility index (Phi) is 3.75. The molecule has 3 aromatic rings. The molecule has 0 aliphatic heterocycles. The van der Waals surface area contributed by atoms with Crippen LogP contribution >= 0.6 is 0 Å². The Morgan fingerprint density at radius 1 is 1.09 bits per heavy atom. The normalized spacial score (nSPS) is 14.0. The summed E-state index contributed by atoms with van der Waals surface area (Å²) in [6.07, 6.45) is -2.66. The highest BCUT2D eigenvalue weighted by Gasteiger charge is 2.22. The van der Waals surface area contributed by atoms with Crippen molar-refractivity contribution in [1.82, 2.24) is 4.98 Å². The van der Waals surface area contributed by atoms with E-state index in [1.165, 1.54) is 6.92 Å². The summed E-state index contributed by atoms with van der Waals surface area (Å²) in [4.78, 5) is 15.5. The summed E-state index contributed by atoms with van der Waals surface area (Å²) < 4.78 is 5.66. The first-order valence-corrected chi connectivity index (χ1v) is 6.89. The summed E-state index contributed by atoms with van der Waals surface area (Å²) in [6, 6.07) is 14.2. The number of hydrogen-bond donors (Lipinski definition) is 2. The van der Waals surface area contributed by atoms with Crippen molar-refractivity contribution in [2.75, 3.05) is 0 Å². The van der Waals surface area contributed by atoms with Crippen LogP contribution in [0.1, 0.15) is 18.6 Å². The van der Waals surface area contributed by atoms with Crippen molar-refractivity contribution in [1.29, 1.82) is 0 Å². The average molecular weight is 297 g/mol. The summed E-state index contributed by atoms with van der Waals surface area (Å²) in [5, 5.41) is 19.5. The standard InChI is InChI=1S/C17H15NO4/c1-10(19)15(20)16(21)11-6-8-12(9-7-11)17-18-13-4-2-3-5-14(13)22-17/h2-9,15-16,20-21H,1H3/t15-,16-/m1/s1. The van der Waals surface area contributed by atoms with Gasteiger partial charge in [0.2, 0.25) is 5.89 Å². The number of aliphatic hydroxyl groups is 2. The molecule has 0 unspecified atom stereocenters. The van der Waals surface area contributed by atoms with Crippen LogP contribution in [0.5, 0.6) is 0 Å². The van der Waals surface area contributed by atoms with E-state index in [0.717, 1.165) is 11.1 Å². The third-order valence-corrected chi connectivity index (χ3v) is 3.51. The molecule has 0 fully saturated rings. The van der Waals surface area contributed by atoms with Gasteiger partial charge in [-0.05, 0) is 36.8 Å². The Labute approximate surface area is 126 Å². The van der Waals surface area contributed by atoms with Gasteiger partial charge in [0.15, 0.2) is 11.4 Å². The molecular formula is C17H15NO4. The number of ketones is 1. The molecule has 112 valence electrons. The van der Waals surface area contributed by atoms with Gasteiger partial charge in [0, 0.05) is 5.56 Å². The summed E-state index contributed by atoms with van der Waals surface area (Å²) in [5.41, 5.74) is 2.69. The van der Waals surface area contributed by atoms with Gasteiger partial charge < -0.3 is 14.6 Å². The summed E-state index contributed by atoms with van der Waals surface area (Å²) in [7, 11) is 0. The molecule has 0 amide bonds. The number of hydrogen-bond acceptors (Lipinski definition) is 5.